The van der Waals surface area contributed by atoms with E-state index >= 15 is 0 Å². The fraction of sp³-hybridized carbons (Fsp3) is 0.429. The second-order valence-corrected chi connectivity index (χ2v) is 18.1. The van der Waals surface area contributed by atoms with Crippen LogP contribution in [0, 0.1) is 6.92 Å². The number of morpholine rings is 1. The molecule has 2 aromatic carbocycles. The monoisotopic (exact) mass is 903 g/mol. The van der Waals surface area contributed by atoms with Crippen LogP contribution in [-0.2, 0) is 29.0 Å². The molecule has 2 unspecified atom stereocenters. The number of anilines is 2. The van der Waals surface area contributed by atoms with Gasteiger partial charge in [0.1, 0.15) is 21.4 Å². The number of carboxylic acid groups (broad SMARTS) is 2. The number of carbonyl (C=O) groups is 4. The van der Waals surface area contributed by atoms with Crippen LogP contribution in [-0.4, -0.2) is 125 Å². The summed E-state index contributed by atoms with van der Waals surface area (Å²) in [4.78, 5) is 74.1. The first-order valence-electron chi connectivity index (χ1n) is 20.4. The Hall–Kier alpha value is -5.28. The molecule has 5 heterocycles. The Morgan fingerprint density at radius 3 is 2.21 bits per heavy atom. The van der Waals surface area contributed by atoms with E-state index in [-0.39, 0.29) is 54.0 Å². The van der Waals surface area contributed by atoms with Gasteiger partial charge in [0.25, 0.3) is 5.91 Å². The van der Waals surface area contributed by atoms with Crippen molar-refractivity contribution < 1.29 is 38.9 Å². The number of benzene rings is 2. The number of aliphatic imine (C=N–C) groups is 1. The van der Waals surface area contributed by atoms with Crippen LogP contribution in [0.2, 0.25) is 0 Å². The van der Waals surface area contributed by atoms with Crippen LogP contribution in [0.3, 0.4) is 0 Å². The molecule has 0 spiro atoms. The quantitative estimate of drug-likeness (QED) is 0.0410. The maximum absolute atomic E-state index is 13.8. The Bertz CT molecular complexity index is 2580. The molecule has 4 N–H and O–H groups in total. The lowest BCUT2D eigenvalue weighted by Crippen LogP contribution is -2.37. The van der Waals surface area contributed by atoms with Crippen LogP contribution >= 0.6 is 34.9 Å². The van der Waals surface area contributed by atoms with Crippen molar-refractivity contribution in [1.29, 1.82) is 0 Å². The van der Waals surface area contributed by atoms with Gasteiger partial charge in [-0.25, -0.2) is 24.5 Å². The second kappa shape index (κ2) is 19.8. The van der Waals surface area contributed by atoms with Gasteiger partial charge < -0.3 is 28.8 Å². The number of thioether (sulfide) groups is 2. The molecule has 328 valence electrons. The number of fused-ring (bicyclic) bond motifs is 2. The van der Waals surface area contributed by atoms with Crippen LogP contribution in [0.5, 0.6) is 5.75 Å². The summed E-state index contributed by atoms with van der Waals surface area (Å²) < 4.78 is 15.4. The number of allylic oxidation sites excluding steroid dienone is 2. The third-order valence-electron chi connectivity index (χ3n) is 10.5. The van der Waals surface area contributed by atoms with Crippen LogP contribution in [0.25, 0.3) is 22.1 Å². The van der Waals surface area contributed by atoms with E-state index in [9.17, 15) is 29.4 Å². The molecular weight excluding hydrogens is 855 g/mol. The van der Waals surface area contributed by atoms with Gasteiger partial charge in [0, 0.05) is 37.6 Å². The number of aryl methyl sites for hydroxylation is 2. The highest BCUT2D eigenvalue weighted by atomic mass is 32.2. The van der Waals surface area contributed by atoms with E-state index in [1.807, 2.05) is 50.7 Å². The third kappa shape index (κ3) is 9.83. The number of nitrogens with zero attached hydrogens (tertiary/aromatic N) is 7. The van der Waals surface area contributed by atoms with E-state index < -0.39 is 17.2 Å². The SMILES string of the molecule is CCc1nc(C)sc1C(=O)Nc1nc2cc(C(=O)O)cc(OCCCN3CCOCC3)c2n1C/C=C/Cn1c(NC(=O)C2SC(C)=NC2CC)nc2cc(C(=O)O)cc(SC)c21. The second-order valence-electron chi connectivity index (χ2n) is 14.7. The highest BCUT2D eigenvalue weighted by molar-refractivity contribution is 8.15. The highest BCUT2D eigenvalue weighted by Crippen LogP contribution is 2.35. The number of carboxylic acids is 2. The molecule has 20 heteroatoms. The summed E-state index contributed by atoms with van der Waals surface area (Å²) in [6, 6.07) is 5.85. The average Bonchev–Trinajstić information content (AvgIpc) is 4.03. The Labute approximate surface area is 370 Å². The van der Waals surface area contributed by atoms with Gasteiger partial charge in [0.2, 0.25) is 17.8 Å². The van der Waals surface area contributed by atoms with Crippen molar-refractivity contribution in [2.75, 3.05) is 56.3 Å². The molecule has 2 aliphatic rings. The summed E-state index contributed by atoms with van der Waals surface area (Å²) in [5, 5.41) is 27.1. The van der Waals surface area contributed by atoms with E-state index in [1.165, 1.54) is 53.1 Å². The summed E-state index contributed by atoms with van der Waals surface area (Å²) in [6.45, 7) is 12.2. The van der Waals surface area contributed by atoms with Crippen molar-refractivity contribution in [1.82, 2.24) is 29.0 Å². The van der Waals surface area contributed by atoms with Crippen molar-refractivity contribution in [3.8, 4) is 5.75 Å². The van der Waals surface area contributed by atoms with Crippen molar-refractivity contribution in [2.45, 2.75) is 76.2 Å². The number of amides is 2. The number of hydrogen-bond donors (Lipinski definition) is 4. The topological polar surface area (TPSA) is 215 Å². The minimum Gasteiger partial charge on any atom is -0.491 e. The lowest BCUT2D eigenvalue weighted by molar-refractivity contribution is -0.116. The highest BCUT2D eigenvalue weighted by Gasteiger charge is 2.34. The van der Waals surface area contributed by atoms with Crippen molar-refractivity contribution in [2.24, 2.45) is 4.99 Å². The van der Waals surface area contributed by atoms with Gasteiger partial charge in [-0.2, -0.15) is 0 Å². The van der Waals surface area contributed by atoms with E-state index in [2.05, 4.69) is 25.5 Å². The maximum atomic E-state index is 13.8. The lowest BCUT2D eigenvalue weighted by Gasteiger charge is -2.26. The molecule has 17 nitrogen and oxygen atoms in total. The van der Waals surface area contributed by atoms with Gasteiger partial charge in [-0.15, -0.1) is 23.1 Å². The molecule has 0 saturated carbocycles. The molecule has 1 saturated heterocycles. The lowest BCUT2D eigenvalue weighted by atomic mass is 10.1. The predicted octanol–water partition coefficient (Wildman–Crippen LogP) is 6.69. The number of imidazole rings is 2. The molecule has 5 aromatic rings. The van der Waals surface area contributed by atoms with Crippen LogP contribution < -0.4 is 15.4 Å². The molecule has 3 aromatic heterocycles. The minimum absolute atomic E-state index is 0.00898. The maximum Gasteiger partial charge on any atom is 0.335 e. The fourth-order valence-electron chi connectivity index (χ4n) is 7.53. The minimum atomic E-state index is -1.15. The first-order valence-corrected chi connectivity index (χ1v) is 23.3. The number of aromatic nitrogens is 5. The van der Waals surface area contributed by atoms with Crippen molar-refractivity contribution >= 4 is 97.6 Å². The molecule has 0 bridgehead atoms. The van der Waals surface area contributed by atoms with Gasteiger partial charge >= 0.3 is 11.9 Å². The van der Waals surface area contributed by atoms with E-state index in [1.54, 1.807) is 10.6 Å². The Kier molecular flexibility index (Phi) is 14.3. The first kappa shape index (κ1) is 44.8. The van der Waals surface area contributed by atoms with Gasteiger partial charge in [-0.1, -0.05) is 37.8 Å². The Morgan fingerprint density at radius 1 is 0.919 bits per heavy atom. The summed E-state index contributed by atoms with van der Waals surface area (Å²) in [7, 11) is 0. The molecule has 2 aliphatic heterocycles. The molecular formula is C42H49N9O8S3. The fourth-order valence-corrected chi connectivity index (χ4v) is 10.2. The molecule has 2 amide bonds. The number of aromatic carboxylic acids is 2. The zero-order chi connectivity index (χ0) is 44.1. The van der Waals surface area contributed by atoms with E-state index in [0.717, 1.165) is 29.7 Å². The summed E-state index contributed by atoms with van der Waals surface area (Å²) in [6.07, 6.45) is 7.54. The van der Waals surface area contributed by atoms with Gasteiger partial charge in [0.15, 0.2) is 0 Å². The Morgan fingerprint density at radius 2 is 1.56 bits per heavy atom. The van der Waals surface area contributed by atoms with Crippen molar-refractivity contribution in [3.05, 3.63) is 63.1 Å². The van der Waals surface area contributed by atoms with Crippen LogP contribution in [0.1, 0.15) is 74.7 Å². The van der Waals surface area contributed by atoms with Gasteiger partial charge in [0.05, 0.1) is 69.3 Å². The molecule has 62 heavy (non-hydrogen) atoms. The molecule has 7 rings (SSSR count). The summed E-state index contributed by atoms with van der Waals surface area (Å²) in [5.74, 6) is -2.12. The zero-order valence-electron chi connectivity index (χ0n) is 35.1. The number of rotatable bonds is 18. The summed E-state index contributed by atoms with van der Waals surface area (Å²) >= 11 is 4.07. The largest absolute Gasteiger partial charge is 0.491 e. The first-order chi connectivity index (χ1) is 29.9. The third-order valence-corrected chi connectivity index (χ3v) is 13.5. The normalized spacial score (nSPS) is 17.0. The van der Waals surface area contributed by atoms with Crippen LogP contribution in [0.4, 0.5) is 11.9 Å². The number of ether oxygens (including phenoxy) is 2. The van der Waals surface area contributed by atoms with Crippen LogP contribution in [0.15, 0.2) is 46.3 Å². The predicted molar refractivity (Wildman–Crippen MR) is 243 cm³/mol. The number of hydrogen-bond acceptors (Lipinski definition) is 14. The van der Waals surface area contributed by atoms with Gasteiger partial charge in [-0.05, 0) is 63.6 Å². The molecule has 0 aliphatic carbocycles. The molecule has 1 fully saturated rings. The van der Waals surface area contributed by atoms with E-state index in [4.69, 9.17) is 19.4 Å². The van der Waals surface area contributed by atoms with Crippen molar-refractivity contribution in [3.63, 3.8) is 0 Å². The number of carbonyl (C=O) groups excluding carboxylic acids is 2. The smallest absolute Gasteiger partial charge is 0.335 e. The number of thiazole rings is 1. The molecule has 2 atom stereocenters. The zero-order valence-corrected chi connectivity index (χ0v) is 37.5. The van der Waals surface area contributed by atoms with E-state index in [0.29, 0.717) is 82.4 Å². The number of nitrogens with one attached hydrogen (secondary N) is 2. The summed E-state index contributed by atoms with van der Waals surface area (Å²) in [5.41, 5.74) is 2.63. The average molecular weight is 904 g/mol. The van der Waals surface area contributed by atoms with Gasteiger partial charge in [-0.3, -0.25) is 30.1 Å². The Balaban J connectivity index is 1.24. The molecule has 0 radical (unpaired) electrons. The standard InChI is InChI=1S/C42H49N9O8S3/c1-6-27-35(61-23(3)43-27)37(52)47-41-45-29-19-25(39(54)55)21-31(59-16-10-11-49-14-17-58-18-15-49)33(29)50(41)12-8-9-13-51-34-30(20-26(40(56)57)22-32(34)60-5)46-42(51)48-38(53)36-28(7-2)44-24(4)62-36/h8-9,19-22,28,36H,6-7,10-18H2,1-5H3,(H,54,55)(H,56,57)(H,45,47,52)(H,46,48,53)/b9-8+.